The predicted octanol–water partition coefficient (Wildman–Crippen LogP) is 3.17. The molecule has 0 unspecified atom stereocenters. The summed E-state index contributed by atoms with van der Waals surface area (Å²) in [5, 5.41) is -0.671. The lowest BCUT2D eigenvalue weighted by Gasteiger charge is -2.49. The molecular formula is C19H21FO6S2. The van der Waals surface area contributed by atoms with Crippen molar-refractivity contribution in [1.29, 1.82) is 0 Å². The zero-order valence-electron chi connectivity index (χ0n) is 15.7. The normalized spacial score (nSPS) is 19.9. The Morgan fingerprint density at radius 3 is 2.25 bits per heavy atom. The summed E-state index contributed by atoms with van der Waals surface area (Å²) in [4.78, 5) is 37.5. The maximum Gasteiger partial charge on any atom is 0.324 e. The molecule has 0 amide bonds. The van der Waals surface area contributed by atoms with Gasteiger partial charge in [-0.05, 0) is 55.7 Å². The molecule has 1 fully saturated rings. The highest BCUT2D eigenvalue weighted by Gasteiger charge is 2.66. The first-order valence-electron chi connectivity index (χ1n) is 8.59. The number of Topliss-reactive ketones (excluding diaryl/α,β-unsaturated/α-hetero) is 1. The van der Waals surface area contributed by atoms with Crippen LogP contribution in [-0.2, 0) is 23.8 Å². The number of ketones is 1. The zero-order chi connectivity index (χ0) is 20.9. The molecule has 0 heterocycles. The predicted molar refractivity (Wildman–Crippen MR) is 106 cm³/mol. The molecule has 0 aliphatic heterocycles. The molecule has 0 N–H and O–H groups in total. The Bertz CT molecular complexity index is 748. The summed E-state index contributed by atoms with van der Waals surface area (Å²) in [6, 6.07) is 5.21. The largest absolute Gasteiger partial charge is 0.479 e. The molecule has 9 heteroatoms. The van der Waals surface area contributed by atoms with E-state index in [1.54, 1.807) is 6.92 Å². The highest BCUT2D eigenvalue weighted by Crippen LogP contribution is 2.56. The molecule has 0 spiro atoms. The van der Waals surface area contributed by atoms with Gasteiger partial charge in [0.25, 0.3) is 0 Å². The van der Waals surface area contributed by atoms with Crippen molar-refractivity contribution in [2.45, 2.75) is 25.0 Å². The topological polar surface area (TPSA) is 78.9 Å². The maximum absolute atomic E-state index is 13.1. The van der Waals surface area contributed by atoms with E-state index in [9.17, 15) is 18.8 Å². The first-order chi connectivity index (χ1) is 13.3. The van der Waals surface area contributed by atoms with Crippen molar-refractivity contribution in [2.75, 3.05) is 20.8 Å². The average Bonchev–Trinajstić information content (AvgIpc) is 2.68. The Hall–Kier alpha value is -2.00. The Morgan fingerprint density at radius 1 is 1.18 bits per heavy atom. The molecule has 2 atom stereocenters. The molecule has 0 aromatic heterocycles. The second-order valence-corrected chi connectivity index (χ2v) is 8.02. The molecule has 0 saturated heterocycles. The third kappa shape index (κ3) is 4.35. The van der Waals surface area contributed by atoms with Crippen LogP contribution in [-0.4, -0.2) is 48.2 Å². The third-order valence-electron chi connectivity index (χ3n) is 4.70. The Balaban J connectivity index is 2.26. The lowest BCUT2D eigenvalue weighted by Crippen LogP contribution is -2.61. The fourth-order valence-corrected chi connectivity index (χ4v) is 5.05. The molecule has 1 aliphatic rings. The van der Waals surface area contributed by atoms with Crippen molar-refractivity contribution in [3.05, 3.63) is 35.6 Å². The van der Waals surface area contributed by atoms with Crippen molar-refractivity contribution < 1.29 is 33.0 Å². The van der Waals surface area contributed by atoms with Crippen molar-refractivity contribution in [1.82, 2.24) is 0 Å². The van der Waals surface area contributed by atoms with Gasteiger partial charge in [0.1, 0.15) is 5.82 Å². The minimum atomic E-state index is -1.55. The number of ether oxygens (including phenoxy) is 3. The zero-order valence-corrected chi connectivity index (χ0v) is 17.4. The molecule has 152 valence electrons. The summed E-state index contributed by atoms with van der Waals surface area (Å²) in [6.07, 6.45) is 0.152. The van der Waals surface area contributed by atoms with E-state index in [0.717, 1.165) is 11.8 Å². The van der Waals surface area contributed by atoms with E-state index in [1.807, 2.05) is 0 Å². The van der Waals surface area contributed by atoms with Crippen LogP contribution in [0.2, 0.25) is 0 Å². The van der Waals surface area contributed by atoms with Crippen molar-refractivity contribution in [3.8, 4) is 0 Å². The maximum atomic E-state index is 13.1. The van der Waals surface area contributed by atoms with Crippen LogP contribution in [0.4, 0.5) is 4.39 Å². The Kier molecular flexibility index (Phi) is 7.54. The van der Waals surface area contributed by atoms with Gasteiger partial charge in [0.2, 0.25) is 4.38 Å². The highest BCUT2D eigenvalue weighted by atomic mass is 32.2. The van der Waals surface area contributed by atoms with Crippen LogP contribution in [0.1, 0.15) is 30.1 Å². The van der Waals surface area contributed by atoms with Crippen LogP contribution in [0.25, 0.3) is 0 Å². The molecule has 1 saturated carbocycles. The number of carbonyl (C=O) groups excluding carboxylic acids is 3. The Morgan fingerprint density at radius 2 is 1.75 bits per heavy atom. The SMILES string of the molecule is CCOC(=S)S[C@@H]1[C@@H](CC(=O)c2ccc(F)cc2)CC1(C(=O)OC)C(=O)OC. The molecule has 6 nitrogen and oxygen atoms in total. The van der Waals surface area contributed by atoms with E-state index in [-0.39, 0.29) is 28.9 Å². The van der Waals surface area contributed by atoms with Gasteiger partial charge in [-0.3, -0.25) is 14.4 Å². The highest BCUT2D eigenvalue weighted by molar-refractivity contribution is 8.23. The molecule has 1 aromatic rings. The van der Waals surface area contributed by atoms with Crippen LogP contribution in [0.15, 0.2) is 24.3 Å². The first-order valence-corrected chi connectivity index (χ1v) is 9.87. The van der Waals surface area contributed by atoms with Gasteiger partial charge < -0.3 is 14.2 Å². The summed E-state index contributed by atoms with van der Waals surface area (Å²) in [6.45, 7) is 2.10. The minimum absolute atomic E-state index is 0.0633. The molecule has 2 rings (SSSR count). The van der Waals surface area contributed by atoms with Crippen LogP contribution in [0, 0.1) is 17.2 Å². The van der Waals surface area contributed by atoms with Crippen LogP contribution < -0.4 is 0 Å². The molecule has 0 bridgehead atoms. The molecule has 1 aliphatic carbocycles. The van der Waals surface area contributed by atoms with Gasteiger partial charge in [-0.15, -0.1) is 0 Å². The molecule has 1 aromatic carbocycles. The monoisotopic (exact) mass is 428 g/mol. The molecular weight excluding hydrogens is 407 g/mol. The second-order valence-electron chi connectivity index (χ2n) is 6.27. The summed E-state index contributed by atoms with van der Waals surface area (Å²) >= 11 is 6.21. The lowest BCUT2D eigenvalue weighted by molar-refractivity contribution is -0.178. The van der Waals surface area contributed by atoms with E-state index in [4.69, 9.17) is 26.4 Å². The quantitative estimate of drug-likeness (QED) is 0.284. The van der Waals surface area contributed by atoms with Gasteiger partial charge >= 0.3 is 11.9 Å². The van der Waals surface area contributed by atoms with Gasteiger partial charge in [0.05, 0.1) is 20.8 Å². The number of thiocarbonyl (C=S) groups is 1. The van der Waals surface area contributed by atoms with E-state index in [2.05, 4.69) is 0 Å². The number of thioether (sulfide) groups is 1. The summed E-state index contributed by atoms with van der Waals surface area (Å²) in [5.74, 6) is -2.46. The standard InChI is InChI=1S/C19H21FO6S2/c1-4-26-18(27)28-15-12(9-14(21)11-5-7-13(20)8-6-11)10-19(15,16(22)24-2)17(23)25-3/h5-8,12,15H,4,9-10H2,1-3H3/t12-,15+/m0/s1. The number of rotatable bonds is 7. The summed E-state index contributed by atoms with van der Waals surface area (Å²) in [7, 11) is 2.37. The average molecular weight is 429 g/mol. The number of hydrogen-bond acceptors (Lipinski definition) is 8. The number of methoxy groups -OCH3 is 2. The van der Waals surface area contributed by atoms with E-state index in [1.165, 1.54) is 38.5 Å². The summed E-state index contributed by atoms with van der Waals surface area (Å²) < 4.78 is 28.2. The van der Waals surface area contributed by atoms with Gasteiger partial charge in [0.15, 0.2) is 11.2 Å². The van der Waals surface area contributed by atoms with E-state index < -0.39 is 28.4 Å². The number of benzene rings is 1. The lowest BCUT2D eigenvalue weighted by atomic mass is 9.59. The smallest absolute Gasteiger partial charge is 0.324 e. The van der Waals surface area contributed by atoms with Crippen molar-refractivity contribution in [2.24, 2.45) is 11.3 Å². The van der Waals surface area contributed by atoms with Crippen LogP contribution in [0.3, 0.4) is 0 Å². The third-order valence-corrected chi connectivity index (χ3v) is 6.45. The van der Waals surface area contributed by atoms with Crippen molar-refractivity contribution in [3.63, 3.8) is 0 Å². The van der Waals surface area contributed by atoms with Gasteiger partial charge in [-0.2, -0.15) is 0 Å². The van der Waals surface area contributed by atoms with Crippen LogP contribution >= 0.6 is 24.0 Å². The van der Waals surface area contributed by atoms with Crippen molar-refractivity contribution >= 4 is 46.1 Å². The van der Waals surface area contributed by atoms with E-state index >= 15 is 0 Å². The minimum Gasteiger partial charge on any atom is -0.479 e. The number of esters is 2. The van der Waals surface area contributed by atoms with E-state index in [0.29, 0.717) is 12.2 Å². The van der Waals surface area contributed by atoms with Gasteiger partial charge in [-0.1, -0.05) is 11.8 Å². The van der Waals surface area contributed by atoms with Gasteiger partial charge in [-0.25, -0.2) is 4.39 Å². The van der Waals surface area contributed by atoms with Gasteiger partial charge in [0, 0.05) is 17.2 Å². The second kappa shape index (κ2) is 9.47. The first kappa shape index (κ1) is 22.3. The number of hydrogen-bond donors (Lipinski definition) is 0. The molecule has 28 heavy (non-hydrogen) atoms. The fraction of sp³-hybridized carbons (Fsp3) is 0.474. The summed E-state index contributed by atoms with van der Waals surface area (Å²) in [5.41, 5.74) is -1.20. The Labute approximate surface area is 172 Å². The van der Waals surface area contributed by atoms with Crippen LogP contribution in [0.5, 0.6) is 0 Å². The molecule has 0 radical (unpaired) electrons. The fourth-order valence-electron chi connectivity index (χ4n) is 3.35. The number of carbonyl (C=O) groups is 3. The number of halogens is 1.